The van der Waals surface area contributed by atoms with Crippen LogP contribution < -0.4 is 5.73 Å². The van der Waals surface area contributed by atoms with Gasteiger partial charge in [-0.3, -0.25) is 0 Å². The van der Waals surface area contributed by atoms with Gasteiger partial charge in [-0.15, -0.1) is 0 Å². The SMILES string of the molecule is CC(N)CCc1cnc2ccnn2c1. The van der Waals surface area contributed by atoms with Crippen LogP contribution in [0.3, 0.4) is 0 Å². The van der Waals surface area contributed by atoms with Crippen molar-refractivity contribution in [3.8, 4) is 0 Å². The Morgan fingerprint density at radius 3 is 3.21 bits per heavy atom. The Hall–Kier alpha value is -1.42. The molecule has 0 amide bonds. The fourth-order valence-corrected chi connectivity index (χ4v) is 1.37. The zero-order valence-electron chi connectivity index (χ0n) is 8.22. The van der Waals surface area contributed by atoms with Crippen LogP contribution in [0.4, 0.5) is 0 Å². The highest BCUT2D eigenvalue weighted by Crippen LogP contribution is 2.05. The van der Waals surface area contributed by atoms with Gasteiger partial charge in [0.2, 0.25) is 0 Å². The van der Waals surface area contributed by atoms with Crippen molar-refractivity contribution < 1.29 is 0 Å². The van der Waals surface area contributed by atoms with E-state index in [1.165, 1.54) is 5.56 Å². The van der Waals surface area contributed by atoms with E-state index in [1.807, 2.05) is 25.4 Å². The number of aromatic nitrogens is 3. The molecule has 1 atom stereocenters. The highest BCUT2D eigenvalue weighted by Gasteiger charge is 1.99. The second-order valence-corrected chi connectivity index (χ2v) is 3.61. The molecule has 0 fully saturated rings. The van der Waals surface area contributed by atoms with Gasteiger partial charge in [-0.05, 0) is 25.3 Å². The van der Waals surface area contributed by atoms with Crippen LogP contribution in [0.15, 0.2) is 24.7 Å². The average Bonchev–Trinajstić information content (AvgIpc) is 2.61. The Morgan fingerprint density at radius 2 is 2.43 bits per heavy atom. The minimum absolute atomic E-state index is 0.239. The van der Waals surface area contributed by atoms with E-state index in [0.717, 1.165) is 18.5 Å². The van der Waals surface area contributed by atoms with Crippen LogP contribution in [-0.4, -0.2) is 20.6 Å². The Kier molecular flexibility index (Phi) is 2.45. The number of rotatable bonds is 3. The first kappa shape index (κ1) is 9.15. The molecule has 4 nitrogen and oxygen atoms in total. The van der Waals surface area contributed by atoms with Crippen molar-refractivity contribution in [1.82, 2.24) is 14.6 Å². The zero-order chi connectivity index (χ0) is 9.97. The molecule has 0 aromatic carbocycles. The molecule has 2 heterocycles. The molecule has 74 valence electrons. The number of aryl methyl sites for hydroxylation is 1. The summed E-state index contributed by atoms with van der Waals surface area (Å²) in [5.41, 5.74) is 7.75. The lowest BCUT2D eigenvalue weighted by Crippen LogP contribution is -2.15. The summed E-state index contributed by atoms with van der Waals surface area (Å²) in [6.07, 6.45) is 7.58. The lowest BCUT2D eigenvalue weighted by atomic mass is 10.1. The van der Waals surface area contributed by atoms with Crippen LogP contribution in [0.25, 0.3) is 5.65 Å². The summed E-state index contributed by atoms with van der Waals surface area (Å²) in [7, 11) is 0. The fraction of sp³-hybridized carbons (Fsp3) is 0.400. The van der Waals surface area contributed by atoms with E-state index in [2.05, 4.69) is 10.1 Å². The van der Waals surface area contributed by atoms with E-state index in [1.54, 1.807) is 10.7 Å². The second kappa shape index (κ2) is 3.75. The Balaban J connectivity index is 2.17. The number of fused-ring (bicyclic) bond motifs is 1. The predicted molar refractivity (Wildman–Crippen MR) is 55.0 cm³/mol. The highest BCUT2D eigenvalue weighted by atomic mass is 15.2. The zero-order valence-corrected chi connectivity index (χ0v) is 8.22. The van der Waals surface area contributed by atoms with Gasteiger partial charge in [-0.25, -0.2) is 9.50 Å². The third kappa shape index (κ3) is 1.90. The van der Waals surface area contributed by atoms with E-state index in [4.69, 9.17) is 5.73 Å². The van der Waals surface area contributed by atoms with Gasteiger partial charge < -0.3 is 5.73 Å². The van der Waals surface area contributed by atoms with Gasteiger partial charge in [-0.2, -0.15) is 5.10 Å². The normalized spacial score (nSPS) is 13.3. The smallest absolute Gasteiger partial charge is 0.154 e. The van der Waals surface area contributed by atoms with Crippen molar-refractivity contribution in [3.63, 3.8) is 0 Å². The molecule has 0 aliphatic heterocycles. The van der Waals surface area contributed by atoms with Crippen LogP contribution in [0.2, 0.25) is 0 Å². The fourth-order valence-electron chi connectivity index (χ4n) is 1.37. The quantitative estimate of drug-likeness (QED) is 0.785. The van der Waals surface area contributed by atoms with E-state index in [9.17, 15) is 0 Å². The highest BCUT2D eigenvalue weighted by molar-refractivity contribution is 5.35. The third-order valence-electron chi connectivity index (χ3n) is 2.19. The molecule has 1 unspecified atom stereocenters. The van der Waals surface area contributed by atoms with Crippen LogP contribution in [0.5, 0.6) is 0 Å². The van der Waals surface area contributed by atoms with Crippen molar-refractivity contribution in [2.75, 3.05) is 0 Å². The lowest BCUT2D eigenvalue weighted by molar-refractivity contribution is 0.662. The van der Waals surface area contributed by atoms with Gasteiger partial charge in [0.05, 0.1) is 6.20 Å². The molecule has 0 spiro atoms. The third-order valence-corrected chi connectivity index (χ3v) is 2.19. The van der Waals surface area contributed by atoms with Crippen molar-refractivity contribution in [2.24, 2.45) is 5.73 Å². The summed E-state index contributed by atoms with van der Waals surface area (Å²) < 4.78 is 1.79. The maximum absolute atomic E-state index is 5.69. The van der Waals surface area contributed by atoms with Crippen molar-refractivity contribution in [2.45, 2.75) is 25.8 Å². The maximum atomic E-state index is 5.69. The van der Waals surface area contributed by atoms with Gasteiger partial charge >= 0.3 is 0 Å². The number of nitrogens with two attached hydrogens (primary N) is 1. The molecule has 0 aliphatic carbocycles. The molecule has 0 bridgehead atoms. The average molecular weight is 190 g/mol. The second-order valence-electron chi connectivity index (χ2n) is 3.61. The van der Waals surface area contributed by atoms with Crippen LogP contribution >= 0.6 is 0 Å². The summed E-state index contributed by atoms with van der Waals surface area (Å²) in [6, 6.07) is 2.12. The summed E-state index contributed by atoms with van der Waals surface area (Å²) in [6.45, 7) is 2.01. The van der Waals surface area contributed by atoms with Crippen LogP contribution in [0, 0.1) is 0 Å². The first-order valence-corrected chi connectivity index (χ1v) is 4.79. The summed E-state index contributed by atoms with van der Waals surface area (Å²) in [5.74, 6) is 0. The summed E-state index contributed by atoms with van der Waals surface area (Å²) in [4.78, 5) is 4.28. The maximum Gasteiger partial charge on any atom is 0.154 e. The molecule has 2 rings (SSSR count). The standard InChI is InChI=1S/C10H14N4/c1-8(11)2-3-9-6-12-10-4-5-13-14(10)7-9/h4-8H,2-3,11H2,1H3. The van der Waals surface area contributed by atoms with Gasteiger partial charge in [0.1, 0.15) is 0 Å². The molecule has 0 saturated carbocycles. The molecule has 2 N–H and O–H groups in total. The molecule has 0 radical (unpaired) electrons. The number of nitrogens with zero attached hydrogens (tertiary/aromatic N) is 3. The monoisotopic (exact) mass is 190 g/mol. The van der Waals surface area contributed by atoms with Gasteiger partial charge in [0.15, 0.2) is 5.65 Å². The van der Waals surface area contributed by atoms with E-state index >= 15 is 0 Å². The molecule has 0 saturated heterocycles. The molecule has 14 heavy (non-hydrogen) atoms. The van der Waals surface area contributed by atoms with Crippen LogP contribution in [0.1, 0.15) is 18.9 Å². The van der Waals surface area contributed by atoms with Crippen molar-refractivity contribution >= 4 is 5.65 Å². The summed E-state index contributed by atoms with van der Waals surface area (Å²) >= 11 is 0. The van der Waals surface area contributed by atoms with Gasteiger partial charge in [0, 0.05) is 24.5 Å². The minimum atomic E-state index is 0.239. The molecule has 0 aliphatic rings. The number of hydrogen-bond donors (Lipinski definition) is 1. The molecule has 4 heteroatoms. The first-order chi connectivity index (χ1) is 6.75. The van der Waals surface area contributed by atoms with E-state index < -0.39 is 0 Å². The van der Waals surface area contributed by atoms with Gasteiger partial charge in [-0.1, -0.05) is 0 Å². The molecular weight excluding hydrogens is 176 g/mol. The predicted octanol–water partition coefficient (Wildman–Crippen LogP) is 1.01. The Morgan fingerprint density at radius 1 is 1.57 bits per heavy atom. The molecular formula is C10H14N4. The molecule has 2 aromatic rings. The molecule has 2 aromatic heterocycles. The topological polar surface area (TPSA) is 56.2 Å². The lowest BCUT2D eigenvalue weighted by Gasteiger charge is -2.04. The van der Waals surface area contributed by atoms with Gasteiger partial charge in [0.25, 0.3) is 0 Å². The Bertz CT molecular complexity index is 419. The van der Waals surface area contributed by atoms with Crippen molar-refractivity contribution in [1.29, 1.82) is 0 Å². The minimum Gasteiger partial charge on any atom is -0.328 e. The van der Waals surface area contributed by atoms with E-state index in [-0.39, 0.29) is 6.04 Å². The largest absolute Gasteiger partial charge is 0.328 e. The first-order valence-electron chi connectivity index (χ1n) is 4.79. The van der Waals surface area contributed by atoms with Crippen LogP contribution in [-0.2, 0) is 6.42 Å². The Labute approximate surface area is 82.8 Å². The summed E-state index contributed by atoms with van der Waals surface area (Å²) in [5, 5.41) is 4.13. The van der Waals surface area contributed by atoms with E-state index in [0.29, 0.717) is 0 Å². The van der Waals surface area contributed by atoms with Crippen molar-refractivity contribution in [3.05, 3.63) is 30.2 Å². The number of hydrogen-bond acceptors (Lipinski definition) is 3.